The van der Waals surface area contributed by atoms with Gasteiger partial charge in [0.25, 0.3) is 0 Å². The van der Waals surface area contributed by atoms with Gasteiger partial charge in [-0.2, -0.15) is 11.3 Å². The summed E-state index contributed by atoms with van der Waals surface area (Å²) in [5.41, 5.74) is 3.82. The van der Waals surface area contributed by atoms with E-state index >= 15 is 0 Å². The zero-order valence-corrected chi connectivity index (χ0v) is 18.5. The number of carbonyl (C=O) groups excluding carboxylic acids is 1. The molecule has 0 radical (unpaired) electrons. The van der Waals surface area contributed by atoms with Gasteiger partial charge in [0.15, 0.2) is 17.3 Å². The lowest BCUT2D eigenvalue weighted by Crippen LogP contribution is -2.50. The number of nitrogens with one attached hydrogen (secondary N) is 1. The number of benzene rings is 1. The first kappa shape index (κ1) is 19.8. The molecule has 33 heavy (non-hydrogen) atoms. The zero-order valence-electron chi connectivity index (χ0n) is 17.7. The number of carbonyl (C=O) groups is 1. The van der Waals surface area contributed by atoms with Crippen LogP contribution < -0.4 is 19.7 Å². The monoisotopic (exact) mass is 459 g/mol. The number of anilines is 2. The molecule has 2 amide bonds. The van der Waals surface area contributed by atoms with Crippen molar-refractivity contribution in [3.63, 3.8) is 0 Å². The second-order valence-electron chi connectivity index (χ2n) is 7.88. The molecule has 2 aliphatic heterocycles. The molecule has 1 aromatic carbocycles. The SMILES string of the molecule is O=C(Nc1ccc2c(c1)OCO2)N1CCN(c2ncc(-c3ccsc3)c3cccnc23)CC1. The van der Waals surface area contributed by atoms with Crippen molar-refractivity contribution in [3.8, 4) is 22.6 Å². The van der Waals surface area contributed by atoms with Gasteiger partial charge in [-0.15, -0.1) is 0 Å². The first-order valence-corrected chi connectivity index (χ1v) is 11.7. The summed E-state index contributed by atoms with van der Waals surface area (Å²) in [6, 6.07) is 11.4. The van der Waals surface area contributed by atoms with Crippen molar-refractivity contribution < 1.29 is 14.3 Å². The summed E-state index contributed by atoms with van der Waals surface area (Å²) in [5.74, 6) is 2.20. The van der Waals surface area contributed by atoms with Gasteiger partial charge in [0.05, 0.1) is 0 Å². The molecule has 3 aromatic heterocycles. The fourth-order valence-electron chi connectivity index (χ4n) is 4.23. The summed E-state index contributed by atoms with van der Waals surface area (Å²) in [6.07, 6.45) is 3.74. The Morgan fingerprint density at radius 3 is 2.76 bits per heavy atom. The van der Waals surface area contributed by atoms with Gasteiger partial charge in [-0.3, -0.25) is 4.98 Å². The maximum atomic E-state index is 12.8. The van der Waals surface area contributed by atoms with Gasteiger partial charge < -0.3 is 24.6 Å². The van der Waals surface area contributed by atoms with Crippen LogP contribution in [0, 0.1) is 0 Å². The summed E-state index contributed by atoms with van der Waals surface area (Å²) in [6.45, 7) is 2.77. The molecule has 0 bridgehead atoms. The Bertz CT molecular complexity index is 1320. The van der Waals surface area contributed by atoms with Crippen LogP contribution in [0.5, 0.6) is 11.5 Å². The largest absolute Gasteiger partial charge is 0.454 e. The summed E-state index contributed by atoms with van der Waals surface area (Å²) in [4.78, 5) is 26.2. The number of pyridine rings is 2. The third kappa shape index (κ3) is 3.70. The molecular weight excluding hydrogens is 438 g/mol. The molecule has 9 heteroatoms. The number of thiophene rings is 1. The zero-order chi connectivity index (χ0) is 22.2. The maximum absolute atomic E-state index is 12.8. The lowest BCUT2D eigenvalue weighted by atomic mass is 10.1. The van der Waals surface area contributed by atoms with Crippen LogP contribution in [0.1, 0.15) is 0 Å². The lowest BCUT2D eigenvalue weighted by molar-refractivity contribution is 0.174. The molecule has 1 saturated heterocycles. The molecule has 0 atom stereocenters. The Kier molecular flexibility index (Phi) is 4.95. The summed E-state index contributed by atoms with van der Waals surface area (Å²) >= 11 is 1.67. The molecule has 0 saturated carbocycles. The molecule has 0 spiro atoms. The molecule has 5 heterocycles. The van der Waals surface area contributed by atoms with Gasteiger partial charge in [-0.1, -0.05) is 6.07 Å². The van der Waals surface area contributed by atoms with E-state index in [0.717, 1.165) is 27.8 Å². The third-order valence-electron chi connectivity index (χ3n) is 5.95. The van der Waals surface area contributed by atoms with Crippen LogP contribution in [-0.2, 0) is 0 Å². The van der Waals surface area contributed by atoms with E-state index in [-0.39, 0.29) is 12.8 Å². The normalized spacial score (nSPS) is 15.2. The third-order valence-corrected chi connectivity index (χ3v) is 6.63. The van der Waals surface area contributed by atoms with E-state index in [2.05, 4.69) is 38.1 Å². The van der Waals surface area contributed by atoms with Crippen LogP contribution in [0.2, 0.25) is 0 Å². The average Bonchev–Trinajstić information content (AvgIpc) is 3.55. The topological polar surface area (TPSA) is 79.8 Å². The summed E-state index contributed by atoms with van der Waals surface area (Å²) in [7, 11) is 0. The highest BCUT2D eigenvalue weighted by Crippen LogP contribution is 2.35. The van der Waals surface area contributed by atoms with Crippen LogP contribution in [0.25, 0.3) is 22.0 Å². The van der Waals surface area contributed by atoms with E-state index in [1.54, 1.807) is 29.7 Å². The van der Waals surface area contributed by atoms with Crippen molar-refractivity contribution in [3.05, 3.63) is 59.6 Å². The summed E-state index contributed by atoms with van der Waals surface area (Å²) < 4.78 is 10.7. The van der Waals surface area contributed by atoms with E-state index in [0.29, 0.717) is 43.4 Å². The number of nitrogens with zero attached hydrogens (tertiary/aromatic N) is 4. The molecule has 6 rings (SSSR count). The van der Waals surface area contributed by atoms with Crippen molar-refractivity contribution in [2.45, 2.75) is 0 Å². The maximum Gasteiger partial charge on any atom is 0.321 e. The van der Waals surface area contributed by atoms with Crippen LogP contribution >= 0.6 is 11.3 Å². The Hall–Kier alpha value is -3.85. The fourth-order valence-corrected chi connectivity index (χ4v) is 4.89. The molecule has 0 unspecified atom stereocenters. The van der Waals surface area contributed by atoms with Gasteiger partial charge in [0.2, 0.25) is 6.79 Å². The first-order valence-electron chi connectivity index (χ1n) is 10.7. The minimum absolute atomic E-state index is 0.128. The Morgan fingerprint density at radius 1 is 1.03 bits per heavy atom. The van der Waals surface area contributed by atoms with E-state index in [9.17, 15) is 4.79 Å². The predicted molar refractivity (Wildman–Crippen MR) is 128 cm³/mol. The number of rotatable bonds is 3. The highest BCUT2D eigenvalue weighted by Gasteiger charge is 2.24. The molecule has 166 valence electrons. The molecule has 8 nitrogen and oxygen atoms in total. The first-order chi connectivity index (χ1) is 16.3. The molecule has 0 aliphatic carbocycles. The van der Waals surface area contributed by atoms with Gasteiger partial charge >= 0.3 is 6.03 Å². The molecule has 4 aromatic rings. The number of amides is 2. The van der Waals surface area contributed by atoms with Gasteiger partial charge in [-0.05, 0) is 40.6 Å². The van der Waals surface area contributed by atoms with Crippen LogP contribution in [0.15, 0.2) is 59.6 Å². The van der Waals surface area contributed by atoms with Crippen molar-refractivity contribution in [2.24, 2.45) is 0 Å². The van der Waals surface area contributed by atoms with Gasteiger partial charge in [-0.25, -0.2) is 9.78 Å². The number of aromatic nitrogens is 2. The Balaban J connectivity index is 1.17. The molecular formula is C24H21N5O3S. The van der Waals surface area contributed by atoms with E-state index < -0.39 is 0 Å². The Morgan fingerprint density at radius 2 is 1.91 bits per heavy atom. The van der Waals surface area contributed by atoms with Crippen molar-refractivity contribution >= 4 is 39.8 Å². The van der Waals surface area contributed by atoms with E-state index in [4.69, 9.17) is 14.5 Å². The van der Waals surface area contributed by atoms with Gasteiger partial charge in [0.1, 0.15) is 5.52 Å². The number of hydrogen-bond donors (Lipinski definition) is 1. The minimum Gasteiger partial charge on any atom is -0.454 e. The highest BCUT2D eigenvalue weighted by atomic mass is 32.1. The van der Waals surface area contributed by atoms with E-state index in [1.165, 1.54) is 0 Å². The second kappa shape index (κ2) is 8.25. The van der Waals surface area contributed by atoms with Gasteiger partial charge in [0, 0.05) is 61.3 Å². The average molecular weight is 460 g/mol. The second-order valence-corrected chi connectivity index (χ2v) is 8.66. The number of urea groups is 1. The lowest BCUT2D eigenvalue weighted by Gasteiger charge is -2.35. The predicted octanol–water partition coefficient (Wildman–Crippen LogP) is 4.44. The number of fused-ring (bicyclic) bond motifs is 2. The van der Waals surface area contributed by atoms with Crippen molar-refractivity contribution in [1.82, 2.24) is 14.9 Å². The fraction of sp³-hybridized carbons (Fsp3) is 0.208. The molecule has 2 aliphatic rings. The molecule has 1 N–H and O–H groups in total. The van der Waals surface area contributed by atoms with Crippen LogP contribution in [-0.4, -0.2) is 53.9 Å². The van der Waals surface area contributed by atoms with Crippen LogP contribution in [0.4, 0.5) is 16.3 Å². The van der Waals surface area contributed by atoms with Crippen molar-refractivity contribution in [2.75, 3.05) is 43.2 Å². The Labute approximate surface area is 194 Å². The summed E-state index contributed by atoms with van der Waals surface area (Å²) in [5, 5.41) is 8.24. The molecule has 1 fully saturated rings. The number of hydrogen-bond acceptors (Lipinski definition) is 7. The van der Waals surface area contributed by atoms with E-state index in [1.807, 2.05) is 23.2 Å². The van der Waals surface area contributed by atoms with Crippen molar-refractivity contribution in [1.29, 1.82) is 0 Å². The number of ether oxygens (including phenoxy) is 2. The minimum atomic E-state index is -0.128. The standard InChI is InChI=1S/C24H21N5O3S/c30-24(27-17-3-4-20-21(12-17)32-15-31-20)29-9-7-28(8-10-29)23-22-18(2-1-6-25-22)19(13-26-23)16-5-11-33-14-16/h1-6,11-14H,7-10,15H2,(H,27,30). The quantitative estimate of drug-likeness (QED) is 0.488. The van der Waals surface area contributed by atoms with Crippen LogP contribution in [0.3, 0.4) is 0 Å². The number of piperazine rings is 1. The highest BCUT2D eigenvalue weighted by molar-refractivity contribution is 7.08. The smallest absolute Gasteiger partial charge is 0.321 e.